The quantitative estimate of drug-likeness (QED) is 0.463. The van der Waals surface area contributed by atoms with E-state index in [1.807, 2.05) is 39.0 Å². The number of para-hydroxylation sites is 2. The highest BCUT2D eigenvalue weighted by Crippen LogP contribution is 2.30. The summed E-state index contributed by atoms with van der Waals surface area (Å²) in [4.78, 5) is 15.8. The van der Waals surface area contributed by atoms with Gasteiger partial charge in [-0.05, 0) is 51.2 Å². The SMILES string of the molecule is COc1ccccc1Oc1ccc(NC(=S)NCCNC(=O)OC(C)(C)C)cn1. The number of amides is 1. The molecule has 2 aromatic rings. The number of anilines is 1. The zero-order valence-corrected chi connectivity index (χ0v) is 17.8. The monoisotopic (exact) mass is 418 g/mol. The Kier molecular flexibility index (Phi) is 8.02. The lowest BCUT2D eigenvalue weighted by atomic mass is 10.2. The van der Waals surface area contributed by atoms with E-state index in [2.05, 4.69) is 20.9 Å². The van der Waals surface area contributed by atoms with E-state index in [4.69, 9.17) is 26.4 Å². The molecule has 1 heterocycles. The molecule has 0 spiro atoms. The molecule has 9 heteroatoms. The Labute approximate surface area is 176 Å². The maximum absolute atomic E-state index is 11.6. The van der Waals surface area contributed by atoms with E-state index in [0.29, 0.717) is 41.3 Å². The molecule has 3 N–H and O–H groups in total. The number of benzene rings is 1. The van der Waals surface area contributed by atoms with Crippen molar-refractivity contribution in [2.45, 2.75) is 26.4 Å². The van der Waals surface area contributed by atoms with Gasteiger partial charge in [0.1, 0.15) is 5.60 Å². The van der Waals surface area contributed by atoms with Crippen LogP contribution in [0, 0.1) is 0 Å². The zero-order chi connectivity index (χ0) is 21.3. The van der Waals surface area contributed by atoms with Crippen LogP contribution in [0.25, 0.3) is 0 Å². The van der Waals surface area contributed by atoms with Crippen LogP contribution in [0.3, 0.4) is 0 Å². The summed E-state index contributed by atoms with van der Waals surface area (Å²) in [6.07, 6.45) is 1.14. The van der Waals surface area contributed by atoms with Gasteiger partial charge in [-0.2, -0.15) is 0 Å². The van der Waals surface area contributed by atoms with Gasteiger partial charge in [-0.1, -0.05) is 12.1 Å². The molecule has 0 atom stereocenters. The number of rotatable bonds is 7. The molecule has 8 nitrogen and oxygen atoms in total. The van der Waals surface area contributed by atoms with Crippen molar-refractivity contribution in [2.75, 3.05) is 25.5 Å². The predicted octanol–water partition coefficient (Wildman–Crippen LogP) is 3.69. The second kappa shape index (κ2) is 10.5. The molecule has 0 radical (unpaired) electrons. The molecule has 0 unspecified atom stereocenters. The first-order valence-electron chi connectivity index (χ1n) is 9.05. The van der Waals surface area contributed by atoms with E-state index < -0.39 is 11.7 Å². The number of pyridine rings is 1. The Morgan fingerprint density at radius 3 is 2.38 bits per heavy atom. The molecule has 0 saturated carbocycles. The number of thiocarbonyl (C=S) groups is 1. The third-order valence-corrected chi connectivity index (χ3v) is 3.60. The number of alkyl carbamates (subject to hydrolysis) is 1. The second-order valence-electron chi connectivity index (χ2n) is 6.95. The van der Waals surface area contributed by atoms with Gasteiger partial charge in [-0.3, -0.25) is 0 Å². The number of aromatic nitrogens is 1. The average Bonchev–Trinajstić information content (AvgIpc) is 2.66. The van der Waals surface area contributed by atoms with Crippen LogP contribution in [-0.4, -0.2) is 42.0 Å². The number of methoxy groups -OCH3 is 1. The highest BCUT2D eigenvalue weighted by molar-refractivity contribution is 7.80. The van der Waals surface area contributed by atoms with Gasteiger partial charge in [0.25, 0.3) is 0 Å². The summed E-state index contributed by atoms with van der Waals surface area (Å²) in [5.74, 6) is 1.64. The van der Waals surface area contributed by atoms with Crippen molar-refractivity contribution in [1.29, 1.82) is 0 Å². The number of nitrogens with one attached hydrogen (secondary N) is 3. The van der Waals surface area contributed by atoms with Gasteiger partial charge < -0.3 is 30.2 Å². The van der Waals surface area contributed by atoms with Crippen LogP contribution in [-0.2, 0) is 4.74 Å². The Balaban J connectivity index is 1.75. The van der Waals surface area contributed by atoms with E-state index in [1.165, 1.54) is 0 Å². The van der Waals surface area contributed by atoms with Crippen molar-refractivity contribution < 1.29 is 19.0 Å². The largest absolute Gasteiger partial charge is 0.493 e. The normalized spacial score (nSPS) is 10.6. The molecular formula is C20H26N4O4S. The molecule has 0 bridgehead atoms. The average molecular weight is 419 g/mol. The van der Waals surface area contributed by atoms with Crippen LogP contribution in [0.1, 0.15) is 20.8 Å². The second-order valence-corrected chi connectivity index (χ2v) is 7.36. The number of carbonyl (C=O) groups is 1. The topological polar surface area (TPSA) is 93.7 Å². The molecule has 0 fully saturated rings. The molecule has 0 saturated heterocycles. The fourth-order valence-electron chi connectivity index (χ4n) is 2.16. The highest BCUT2D eigenvalue weighted by Gasteiger charge is 2.15. The molecule has 0 aliphatic rings. The van der Waals surface area contributed by atoms with E-state index >= 15 is 0 Å². The van der Waals surface area contributed by atoms with Crippen molar-refractivity contribution in [3.63, 3.8) is 0 Å². The number of ether oxygens (including phenoxy) is 3. The Hall–Kier alpha value is -3.07. The van der Waals surface area contributed by atoms with E-state index in [0.717, 1.165) is 0 Å². The molecule has 1 aromatic carbocycles. The third kappa shape index (κ3) is 8.22. The lowest BCUT2D eigenvalue weighted by molar-refractivity contribution is 0.0529. The van der Waals surface area contributed by atoms with Crippen LogP contribution in [0.15, 0.2) is 42.6 Å². The fraction of sp³-hybridized carbons (Fsp3) is 0.350. The van der Waals surface area contributed by atoms with Gasteiger partial charge in [-0.25, -0.2) is 9.78 Å². The van der Waals surface area contributed by atoms with Gasteiger partial charge in [0.15, 0.2) is 16.6 Å². The maximum Gasteiger partial charge on any atom is 0.407 e. The van der Waals surface area contributed by atoms with Gasteiger partial charge in [0.2, 0.25) is 5.88 Å². The summed E-state index contributed by atoms with van der Waals surface area (Å²) in [7, 11) is 1.58. The van der Waals surface area contributed by atoms with Crippen molar-refractivity contribution in [3.05, 3.63) is 42.6 Å². The van der Waals surface area contributed by atoms with Gasteiger partial charge >= 0.3 is 6.09 Å². The highest BCUT2D eigenvalue weighted by atomic mass is 32.1. The van der Waals surface area contributed by atoms with Gasteiger partial charge in [0.05, 0.1) is 19.0 Å². The van der Waals surface area contributed by atoms with E-state index in [1.54, 1.807) is 31.5 Å². The zero-order valence-electron chi connectivity index (χ0n) is 16.9. The number of hydrogen-bond acceptors (Lipinski definition) is 6. The van der Waals surface area contributed by atoms with Crippen molar-refractivity contribution in [3.8, 4) is 17.4 Å². The van der Waals surface area contributed by atoms with Crippen LogP contribution in [0.4, 0.5) is 10.5 Å². The molecule has 29 heavy (non-hydrogen) atoms. The summed E-state index contributed by atoms with van der Waals surface area (Å²) >= 11 is 5.23. The number of nitrogens with zero attached hydrogens (tertiary/aromatic N) is 1. The van der Waals surface area contributed by atoms with E-state index in [9.17, 15) is 4.79 Å². The molecular weight excluding hydrogens is 392 g/mol. The van der Waals surface area contributed by atoms with Crippen molar-refractivity contribution in [1.82, 2.24) is 15.6 Å². The Morgan fingerprint density at radius 2 is 1.76 bits per heavy atom. The first kappa shape index (κ1) is 22.2. The Morgan fingerprint density at radius 1 is 1.07 bits per heavy atom. The summed E-state index contributed by atoms with van der Waals surface area (Å²) in [6, 6.07) is 10.9. The van der Waals surface area contributed by atoms with Gasteiger partial charge in [0, 0.05) is 19.2 Å². The molecule has 0 aliphatic carbocycles. The molecule has 0 aliphatic heterocycles. The van der Waals surface area contributed by atoms with Gasteiger partial charge in [-0.15, -0.1) is 0 Å². The molecule has 1 amide bonds. The smallest absolute Gasteiger partial charge is 0.407 e. The fourth-order valence-corrected chi connectivity index (χ4v) is 2.38. The minimum atomic E-state index is -0.525. The lowest BCUT2D eigenvalue weighted by Crippen LogP contribution is -2.39. The summed E-state index contributed by atoms with van der Waals surface area (Å²) in [6.45, 7) is 6.26. The molecule has 2 rings (SSSR count). The Bertz CT molecular complexity index is 822. The minimum absolute atomic E-state index is 0.376. The molecule has 1 aromatic heterocycles. The van der Waals surface area contributed by atoms with Crippen LogP contribution < -0.4 is 25.4 Å². The molecule has 156 valence electrons. The standard InChI is InChI=1S/C20H26N4O4S/c1-20(2,3)28-19(25)22-12-11-21-18(29)24-14-9-10-17(23-13-14)27-16-8-6-5-7-15(16)26-4/h5-10,13H,11-12H2,1-4H3,(H,22,25)(H2,21,24,29). The predicted molar refractivity (Wildman–Crippen MR) is 116 cm³/mol. The first-order valence-corrected chi connectivity index (χ1v) is 9.46. The first-order chi connectivity index (χ1) is 13.8. The summed E-state index contributed by atoms with van der Waals surface area (Å²) in [5, 5.41) is 9.07. The third-order valence-electron chi connectivity index (χ3n) is 3.36. The minimum Gasteiger partial charge on any atom is -0.493 e. The summed E-state index contributed by atoms with van der Waals surface area (Å²) in [5.41, 5.74) is 0.179. The number of carbonyl (C=O) groups excluding carboxylic acids is 1. The van der Waals surface area contributed by atoms with Crippen molar-refractivity contribution in [2.24, 2.45) is 0 Å². The lowest BCUT2D eigenvalue weighted by Gasteiger charge is -2.19. The van der Waals surface area contributed by atoms with Crippen LogP contribution in [0.5, 0.6) is 17.4 Å². The number of hydrogen-bond donors (Lipinski definition) is 3. The van der Waals surface area contributed by atoms with E-state index in [-0.39, 0.29) is 0 Å². The maximum atomic E-state index is 11.6. The summed E-state index contributed by atoms with van der Waals surface area (Å²) < 4.78 is 16.1. The van der Waals surface area contributed by atoms with Crippen LogP contribution >= 0.6 is 12.2 Å². The van der Waals surface area contributed by atoms with Crippen molar-refractivity contribution >= 4 is 29.1 Å². The van der Waals surface area contributed by atoms with Crippen LogP contribution in [0.2, 0.25) is 0 Å².